The molecule has 1 saturated heterocycles. The lowest BCUT2D eigenvalue weighted by Crippen LogP contribution is -2.53. The van der Waals surface area contributed by atoms with Crippen molar-refractivity contribution < 1.29 is 27.5 Å². The molecular formula is C38H49F2N7O4SSi. The number of anilines is 2. The normalized spacial score (nSPS) is 18.2. The summed E-state index contributed by atoms with van der Waals surface area (Å²) in [5, 5.41) is 17.4. The molecule has 2 atom stereocenters. The van der Waals surface area contributed by atoms with E-state index in [4.69, 9.17) is 23.9 Å². The van der Waals surface area contributed by atoms with Crippen LogP contribution in [0.1, 0.15) is 85.4 Å². The molecule has 53 heavy (non-hydrogen) atoms. The highest BCUT2D eigenvalue weighted by atomic mass is 32.1. The first-order chi connectivity index (χ1) is 24.6. The Kier molecular flexibility index (Phi) is 10.1. The van der Waals surface area contributed by atoms with E-state index in [1.807, 2.05) is 0 Å². The van der Waals surface area contributed by atoms with E-state index in [1.54, 1.807) is 27.0 Å². The molecule has 0 saturated carbocycles. The Morgan fingerprint density at radius 3 is 2.47 bits per heavy atom. The topological polar surface area (TPSA) is 135 Å². The second-order valence-electron chi connectivity index (χ2n) is 17.1. The predicted octanol–water partition coefficient (Wildman–Crippen LogP) is 8.79. The number of nitriles is 1. The zero-order valence-electron chi connectivity index (χ0n) is 32.4. The number of carbonyl (C=O) groups excluding carboxylic acids is 1. The van der Waals surface area contributed by atoms with E-state index in [2.05, 4.69) is 81.2 Å². The van der Waals surface area contributed by atoms with Gasteiger partial charge in [0.15, 0.2) is 20.0 Å². The van der Waals surface area contributed by atoms with Crippen molar-refractivity contribution >= 4 is 57.7 Å². The first-order valence-electron chi connectivity index (χ1n) is 17.9. The Morgan fingerprint density at radius 1 is 1.11 bits per heavy atom. The molecule has 0 bridgehead atoms. The van der Waals surface area contributed by atoms with Gasteiger partial charge in [-0.2, -0.15) is 5.26 Å². The van der Waals surface area contributed by atoms with Crippen molar-refractivity contribution in [2.24, 2.45) is 0 Å². The monoisotopic (exact) mass is 765 g/mol. The summed E-state index contributed by atoms with van der Waals surface area (Å²) in [6.07, 6.45) is 2.68. The van der Waals surface area contributed by atoms with Gasteiger partial charge in [-0.3, -0.25) is 10.3 Å². The van der Waals surface area contributed by atoms with Crippen molar-refractivity contribution in [3.8, 4) is 17.3 Å². The van der Waals surface area contributed by atoms with Crippen LogP contribution in [0.4, 0.5) is 24.5 Å². The molecule has 4 aromatic rings. The highest BCUT2D eigenvalue weighted by molar-refractivity contribution is 7.23. The smallest absolute Gasteiger partial charge is 0.412 e. The second kappa shape index (κ2) is 13.8. The molecule has 0 aliphatic carbocycles. The van der Waals surface area contributed by atoms with Crippen LogP contribution in [0.3, 0.4) is 0 Å². The summed E-state index contributed by atoms with van der Waals surface area (Å²) in [7, 11) is -1.98. The standard InChI is InChI=1S/C38H49F2N7O4SSi/c1-20-26(44-19-38(8,9)51-53(10,11)37(5,6)7)12-13-47(20)34-43-15-22-23-17-49-18-24(23)27(29(40)30(22)45-34)31-28-21(14-41)33(46-35(48)50-36(2,3)4)52-32(28)25(39)16-42-31/h15-16,20,26,44H,12-13,17-19H2,1-11H3,(H,46,48)/t20-,26-/m0/s1. The van der Waals surface area contributed by atoms with Crippen LogP contribution in [0.2, 0.25) is 18.1 Å². The van der Waals surface area contributed by atoms with Crippen molar-refractivity contribution in [3.63, 3.8) is 0 Å². The van der Waals surface area contributed by atoms with Crippen LogP contribution < -0.4 is 15.5 Å². The second-order valence-corrected chi connectivity index (χ2v) is 22.9. The van der Waals surface area contributed by atoms with E-state index < -0.39 is 31.6 Å². The van der Waals surface area contributed by atoms with Crippen molar-refractivity contribution in [2.45, 2.75) is 123 Å². The third-order valence-corrected chi connectivity index (χ3v) is 16.2. The number of hydrogen-bond donors (Lipinski definition) is 2. The van der Waals surface area contributed by atoms with Gasteiger partial charge in [-0.25, -0.2) is 23.5 Å². The van der Waals surface area contributed by atoms with Gasteiger partial charge in [0.2, 0.25) is 5.95 Å². The quantitative estimate of drug-likeness (QED) is 0.168. The molecular weight excluding hydrogens is 717 g/mol. The van der Waals surface area contributed by atoms with Crippen LogP contribution in [0.25, 0.3) is 32.2 Å². The largest absolute Gasteiger partial charge is 0.444 e. The molecule has 2 N–H and O–H groups in total. The molecule has 2 aliphatic rings. The fraction of sp³-hybridized carbons (Fsp3) is 0.553. The highest BCUT2D eigenvalue weighted by Gasteiger charge is 2.42. The van der Waals surface area contributed by atoms with Crippen LogP contribution in [-0.2, 0) is 27.1 Å². The van der Waals surface area contributed by atoms with E-state index in [0.29, 0.717) is 35.6 Å². The summed E-state index contributed by atoms with van der Waals surface area (Å²) in [5.74, 6) is -0.984. The molecule has 5 heterocycles. The summed E-state index contributed by atoms with van der Waals surface area (Å²) in [4.78, 5) is 28.6. The van der Waals surface area contributed by atoms with E-state index in [0.717, 1.165) is 24.0 Å². The number of carbonyl (C=O) groups is 1. The number of fused-ring (bicyclic) bond motifs is 4. The number of hydrogen-bond acceptors (Lipinski definition) is 11. The third kappa shape index (κ3) is 7.49. The van der Waals surface area contributed by atoms with Crippen LogP contribution in [-0.4, -0.2) is 65.7 Å². The lowest BCUT2D eigenvalue weighted by molar-refractivity contribution is 0.0636. The fourth-order valence-corrected chi connectivity index (χ4v) is 9.69. The van der Waals surface area contributed by atoms with Crippen LogP contribution in [0.15, 0.2) is 12.4 Å². The van der Waals surface area contributed by atoms with Gasteiger partial charge in [0, 0.05) is 47.7 Å². The van der Waals surface area contributed by atoms with E-state index >= 15 is 8.78 Å². The Balaban J connectivity index is 1.35. The Labute approximate surface area is 314 Å². The highest BCUT2D eigenvalue weighted by Crippen LogP contribution is 2.46. The maximum Gasteiger partial charge on any atom is 0.412 e. The number of amides is 1. The summed E-state index contributed by atoms with van der Waals surface area (Å²) in [6, 6.07) is 2.22. The number of aromatic nitrogens is 3. The maximum atomic E-state index is 17.1. The van der Waals surface area contributed by atoms with E-state index in [9.17, 15) is 10.1 Å². The van der Waals surface area contributed by atoms with Gasteiger partial charge >= 0.3 is 6.09 Å². The number of thiophene rings is 1. The number of nitrogens with zero attached hydrogens (tertiary/aromatic N) is 5. The van der Waals surface area contributed by atoms with E-state index in [1.165, 1.54) is 0 Å². The molecule has 1 fully saturated rings. The minimum absolute atomic E-state index is 0.00897. The van der Waals surface area contributed by atoms with Gasteiger partial charge in [-0.1, -0.05) is 20.8 Å². The molecule has 6 rings (SSSR count). The predicted molar refractivity (Wildman–Crippen MR) is 207 cm³/mol. The first-order valence-corrected chi connectivity index (χ1v) is 21.6. The van der Waals surface area contributed by atoms with Gasteiger partial charge in [-0.15, -0.1) is 11.3 Å². The van der Waals surface area contributed by atoms with Gasteiger partial charge < -0.3 is 24.1 Å². The molecule has 0 spiro atoms. The molecule has 11 nitrogen and oxygen atoms in total. The van der Waals surface area contributed by atoms with Gasteiger partial charge in [0.25, 0.3) is 0 Å². The molecule has 0 radical (unpaired) electrons. The summed E-state index contributed by atoms with van der Waals surface area (Å²) in [6.45, 7) is 24.3. The van der Waals surface area contributed by atoms with Crippen molar-refractivity contribution in [2.75, 3.05) is 23.3 Å². The number of rotatable bonds is 8. The van der Waals surface area contributed by atoms with Gasteiger partial charge in [0.1, 0.15) is 22.2 Å². The Morgan fingerprint density at radius 2 is 1.81 bits per heavy atom. The van der Waals surface area contributed by atoms with Crippen molar-refractivity contribution in [1.29, 1.82) is 5.26 Å². The number of benzene rings is 1. The lowest BCUT2D eigenvalue weighted by atomic mass is 9.94. The molecule has 0 unspecified atom stereocenters. The SMILES string of the molecule is C[C@H]1[C@@H](NCC(C)(C)O[Si](C)(C)C(C)(C)C)CCN1c1ncc2c3c(c(-c4ncc(F)c5sc(NC(=O)OC(C)(C)C)c(C#N)c45)c(F)c2n1)COC3. The first kappa shape index (κ1) is 38.9. The van der Waals surface area contributed by atoms with Crippen LogP contribution >= 0.6 is 11.3 Å². The number of halogens is 2. The molecule has 1 amide bonds. The Bertz CT molecular complexity index is 2140. The maximum absolute atomic E-state index is 17.1. The summed E-state index contributed by atoms with van der Waals surface area (Å²) < 4.78 is 50.4. The minimum atomic E-state index is -1.98. The summed E-state index contributed by atoms with van der Waals surface area (Å²) in [5.41, 5.74) is 0.257. The van der Waals surface area contributed by atoms with Crippen molar-refractivity contribution in [1.82, 2.24) is 20.3 Å². The third-order valence-electron chi connectivity index (χ3n) is 10.5. The van der Waals surface area contributed by atoms with Crippen molar-refractivity contribution in [3.05, 3.63) is 40.7 Å². The summed E-state index contributed by atoms with van der Waals surface area (Å²) >= 11 is 0.862. The zero-order valence-corrected chi connectivity index (χ0v) is 34.2. The van der Waals surface area contributed by atoms with Crippen LogP contribution in [0, 0.1) is 23.0 Å². The number of nitrogens with one attached hydrogen (secondary N) is 2. The lowest BCUT2D eigenvalue weighted by Gasteiger charge is -2.43. The minimum Gasteiger partial charge on any atom is -0.444 e. The molecule has 3 aromatic heterocycles. The zero-order chi connectivity index (χ0) is 38.8. The number of ether oxygens (including phenoxy) is 2. The average Bonchev–Trinajstić information content (AvgIpc) is 3.76. The van der Waals surface area contributed by atoms with E-state index in [-0.39, 0.29) is 73.4 Å². The molecule has 1 aromatic carbocycles. The number of pyridine rings is 1. The van der Waals surface area contributed by atoms with Gasteiger partial charge in [-0.05, 0) is 77.2 Å². The van der Waals surface area contributed by atoms with Crippen LogP contribution in [0.5, 0.6) is 0 Å². The fourth-order valence-electron chi connectivity index (χ4n) is 6.89. The molecule has 284 valence electrons. The molecule has 2 aliphatic heterocycles. The average molecular weight is 766 g/mol. The molecule has 15 heteroatoms. The van der Waals surface area contributed by atoms with Gasteiger partial charge in [0.05, 0.1) is 41.0 Å². The Hall–Kier alpha value is -3.81.